The van der Waals surface area contributed by atoms with E-state index in [4.69, 9.17) is 11.6 Å². The van der Waals surface area contributed by atoms with Crippen LogP contribution in [0.4, 0.5) is 11.4 Å². The molecule has 0 saturated carbocycles. The molecule has 4 rings (SSSR count). The predicted molar refractivity (Wildman–Crippen MR) is 115 cm³/mol. The normalized spacial score (nSPS) is 17.5. The van der Waals surface area contributed by atoms with Gasteiger partial charge in [-0.3, -0.25) is 9.59 Å². The van der Waals surface area contributed by atoms with Gasteiger partial charge in [-0.15, -0.1) is 0 Å². The molecular weight excluding hydrogens is 426 g/mol. The van der Waals surface area contributed by atoms with Crippen LogP contribution in [0.15, 0.2) is 47.4 Å². The first-order valence-electron chi connectivity index (χ1n) is 9.88. The minimum absolute atomic E-state index is 0.0573. The highest BCUT2D eigenvalue weighted by Gasteiger charge is 2.28. The van der Waals surface area contributed by atoms with E-state index in [-0.39, 0.29) is 21.4 Å². The second-order valence-corrected chi connectivity index (χ2v) is 9.75. The van der Waals surface area contributed by atoms with Gasteiger partial charge in [0.2, 0.25) is 15.9 Å². The third-order valence-corrected chi connectivity index (χ3v) is 7.62. The molecule has 0 unspecified atom stereocenters. The lowest BCUT2D eigenvalue weighted by molar-refractivity contribution is -0.117. The maximum Gasteiger partial charge on any atom is 0.257 e. The number of nitrogens with one attached hydrogen (secondary N) is 1. The van der Waals surface area contributed by atoms with Crippen molar-refractivity contribution >= 4 is 44.8 Å². The summed E-state index contributed by atoms with van der Waals surface area (Å²) in [5.41, 5.74) is 1.40. The monoisotopic (exact) mass is 447 g/mol. The number of nitrogens with zero attached hydrogens (tertiary/aromatic N) is 2. The number of amides is 2. The molecule has 0 atom stereocenters. The molecule has 0 aromatic heterocycles. The number of halogens is 1. The Hall–Kier alpha value is -2.42. The SMILES string of the molecule is O=C(Nc1ccc(N2CCCC2=O)cc1)c1cc(S(=O)(=O)N2CCCC2)ccc1Cl. The number of hydrogen-bond donors (Lipinski definition) is 1. The van der Waals surface area contributed by atoms with Gasteiger partial charge in [-0.1, -0.05) is 11.6 Å². The molecule has 2 aliphatic rings. The molecule has 0 radical (unpaired) electrons. The van der Waals surface area contributed by atoms with Gasteiger partial charge >= 0.3 is 0 Å². The first-order valence-corrected chi connectivity index (χ1v) is 11.7. The molecule has 2 aromatic carbocycles. The second kappa shape index (κ2) is 8.37. The summed E-state index contributed by atoms with van der Waals surface area (Å²) < 4.78 is 27.0. The Morgan fingerprint density at radius 1 is 0.967 bits per heavy atom. The van der Waals surface area contributed by atoms with Crippen molar-refractivity contribution in [3.8, 4) is 0 Å². The number of rotatable bonds is 5. The summed E-state index contributed by atoms with van der Waals surface area (Å²) in [6, 6.07) is 11.1. The lowest BCUT2D eigenvalue weighted by Crippen LogP contribution is -2.28. The van der Waals surface area contributed by atoms with Gasteiger partial charge in [-0.25, -0.2) is 8.42 Å². The molecule has 0 aliphatic carbocycles. The van der Waals surface area contributed by atoms with Crippen molar-refractivity contribution < 1.29 is 18.0 Å². The van der Waals surface area contributed by atoms with E-state index in [1.54, 1.807) is 29.2 Å². The maximum atomic E-state index is 12.8. The highest BCUT2D eigenvalue weighted by molar-refractivity contribution is 7.89. The zero-order valence-corrected chi connectivity index (χ0v) is 17.9. The van der Waals surface area contributed by atoms with Crippen molar-refractivity contribution in [1.82, 2.24) is 4.31 Å². The van der Waals surface area contributed by atoms with E-state index < -0.39 is 15.9 Å². The fourth-order valence-corrected chi connectivity index (χ4v) is 5.51. The fourth-order valence-electron chi connectivity index (χ4n) is 3.76. The number of sulfonamides is 1. The van der Waals surface area contributed by atoms with E-state index in [2.05, 4.69) is 5.32 Å². The van der Waals surface area contributed by atoms with Gasteiger partial charge in [0.15, 0.2) is 0 Å². The highest BCUT2D eigenvalue weighted by Crippen LogP contribution is 2.27. The van der Waals surface area contributed by atoms with Crippen molar-refractivity contribution in [2.75, 3.05) is 29.9 Å². The van der Waals surface area contributed by atoms with Crippen molar-refractivity contribution in [2.24, 2.45) is 0 Å². The van der Waals surface area contributed by atoms with Crippen LogP contribution in [-0.2, 0) is 14.8 Å². The quantitative estimate of drug-likeness (QED) is 0.759. The van der Waals surface area contributed by atoms with Crippen LogP contribution in [0.25, 0.3) is 0 Å². The average Bonchev–Trinajstić information content (AvgIpc) is 3.41. The van der Waals surface area contributed by atoms with Crippen molar-refractivity contribution in [3.05, 3.63) is 53.1 Å². The predicted octanol–water partition coefficient (Wildman–Crippen LogP) is 3.50. The number of carbonyl (C=O) groups excluding carboxylic acids is 2. The van der Waals surface area contributed by atoms with E-state index in [1.165, 1.54) is 22.5 Å². The summed E-state index contributed by atoms with van der Waals surface area (Å²) in [4.78, 5) is 26.4. The van der Waals surface area contributed by atoms with Gasteiger partial charge in [0.1, 0.15) is 0 Å². The van der Waals surface area contributed by atoms with Crippen LogP contribution in [0.5, 0.6) is 0 Å². The molecule has 158 valence electrons. The van der Waals surface area contributed by atoms with Crippen molar-refractivity contribution in [2.45, 2.75) is 30.6 Å². The zero-order valence-electron chi connectivity index (χ0n) is 16.3. The molecule has 2 fully saturated rings. The molecule has 1 N–H and O–H groups in total. The first kappa shape index (κ1) is 20.8. The standard InChI is InChI=1S/C21H22ClN3O4S/c22-19-10-9-17(30(28,29)24-11-1-2-12-24)14-18(19)21(27)23-15-5-7-16(8-6-15)25-13-3-4-20(25)26/h5-10,14H,1-4,11-13H2,(H,23,27). The Morgan fingerprint density at radius 2 is 1.67 bits per heavy atom. The Balaban J connectivity index is 1.52. The van der Waals surface area contributed by atoms with Gasteiger partial charge in [0, 0.05) is 37.4 Å². The van der Waals surface area contributed by atoms with Crippen molar-refractivity contribution in [1.29, 1.82) is 0 Å². The molecule has 2 saturated heterocycles. The molecule has 2 heterocycles. The topological polar surface area (TPSA) is 86.8 Å². The summed E-state index contributed by atoms with van der Waals surface area (Å²) in [5, 5.41) is 2.91. The third-order valence-electron chi connectivity index (χ3n) is 5.40. The molecular formula is C21H22ClN3O4S. The summed E-state index contributed by atoms with van der Waals surface area (Å²) in [7, 11) is -3.65. The average molecular weight is 448 g/mol. The van der Waals surface area contributed by atoms with Crippen LogP contribution in [0, 0.1) is 0 Å². The number of carbonyl (C=O) groups is 2. The molecule has 9 heteroatoms. The molecule has 2 aromatic rings. The molecule has 2 amide bonds. The molecule has 30 heavy (non-hydrogen) atoms. The van der Waals surface area contributed by atoms with Crippen LogP contribution in [0.2, 0.25) is 5.02 Å². The summed E-state index contributed by atoms with van der Waals surface area (Å²) in [6.45, 7) is 1.66. The zero-order chi connectivity index (χ0) is 21.3. The van der Waals surface area contributed by atoms with E-state index in [1.807, 2.05) is 0 Å². The van der Waals surface area contributed by atoms with Gasteiger partial charge in [-0.2, -0.15) is 4.31 Å². The Labute approximate surface area is 180 Å². The first-order chi connectivity index (χ1) is 14.4. The summed E-state index contributed by atoms with van der Waals surface area (Å²) in [6.07, 6.45) is 3.05. The lowest BCUT2D eigenvalue weighted by atomic mass is 10.2. The van der Waals surface area contributed by atoms with Crippen LogP contribution < -0.4 is 10.2 Å². The Morgan fingerprint density at radius 3 is 2.30 bits per heavy atom. The van der Waals surface area contributed by atoms with E-state index in [0.717, 1.165) is 24.9 Å². The fraction of sp³-hybridized carbons (Fsp3) is 0.333. The molecule has 0 bridgehead atoms. The minimum Gasteiger partial charge on any atom is -0.322 e. The number of hydrogen-bond acceptors (Lipinski definition) is 4. The smallest absolute Gasteiger partial charge is 0.257 e. The van der Waals surface area contributed by atoms with Gasteiger partial charge in [-0.05, 0) is 61.7 Å². The van der Waals surface area contributed by atoms with Crippen LogP contribution in [-0.4, -0.2) is 44.2 Å². The Kier molecular flexibility index (Phi) is 5.81. The number of benzene rings is 2. The van der Waals surface area contributed by atoms with E-state index in [9.17, 15) is 18.0 Å². The minimum atomic E-state index is -3.65. The summed E-state index contributed by atoms with van der Waals surface area (Å²) >= 11 is 6.18. The van der Waals surface area contributed by atoms with Crippen LogP contribution >= 0.6 is 11.6 Å². The largest absolute Gasteiger partial charge is 0.322 e. The molecule has 0 spiro atoms. The van der Waals surface area contributed by atoms with Crippen LogP contribution in [0.3, 0.4) is 0 Å². The Bertz CT molecular complexity index is 1080. The maximum absolute atomic E-state index is 12.8. The highest BCUT2D eigenvalue weighted by atomic mass is 35.5. The van der Waals surface area contributed by atoms with Gasteiger partial charge in [0.25, 0.3) is 5.91 Å². The van der Waals surface area contributed by atoms with Crippen molar-refractivity contribution in [3.63, 3.8) is 0 Å². The lowest BCUT2D eigenvalue weighted by Gasteiger charge is -2.17. The van der Waals surface area contributed by atoms with Gasteiger partial charge in [0.05, 0.1) is 15.5 Å². The third kappa shape index (κ3) is 4.08. The van der Waals surface area contributed by atoms with Crippen LogP contribution in [0.1, 0.15) is 36.0 Å². The van der Waals surface area contributed by atoms with E-state index in [0.29, 0.717) is 31.7 Å². The summed E-state index contributed by atoms with van der Waals surface area (Å²) in [5.74, 6) is -0.405. The molecule has 2 aliphatic heterocycles. The number of anilines is 2. The molecule has 7 nitrogen and oxygen atoms in total. The van der Waals surface area contributed by atoms with Gasteiger partial charge < -0.3 is 10.2 Å². The van der Waals surface area contributed by atoms with E-state index >= 15 is 0 Å². The second-order valence-electron chi connectivity index (χ2n) is 7.40.